The van der Waals surface area contributed by atoms with E-state index in [9.17, 15) is 4.79 Å². The lowest BCUT2D eigenvalue weighted by molar-refractivity contribution is 0.0504. The van der Waals surface area contributed by atoms with Crippen molar-refractivity contribution in [1.82, 2.24) is 4.90 Å². The standard InChI is InChI=1S/C10H17NO3/c12-10(11-5-2-1-3-6-11)14-9-4-7-13-8-9/h9H,1-8H2/t9-/m1/s1. The van der Waals surface area contributed by atoms with E-state index in [4.69, 9.17) is 9.47 Å². The predicted molar refractivity (Wildman–Crippen MR) is 51.1 cm³/mol. The Morgan fingerprint density at radius 1 is 1.29 bits per heavy atom. The van der Waals surface area contributed by atoms with E-state index in [1.807, 2.05) is 4.90 Å². The summed E-state index contributed by atoms with van der Waals surface area (Å²) < 4.78 is 10.5. The Morgan fingerprint density at radius 2 is 2.07 bits per heavy atom. The third-order valence-electron chi connectivity index (χ3n) is 2.77. The highest BCUT2D eigenvalue weighted by molar-refractivity contribution is 5.67. The average Bonchev–Trinajstić information content (AvgIpc) is 2.72. The van der Waals surface area contributed by atoms with E-state index in [0.29, 0.717) is 6.61 Å². The monoisotopic (exact) mass is 199 g/mol. The van der Waals surface area contributed by atoms with Crippen LogP contribution in [0.15, 0.2) is 0 Å². The van der Waals surface area contributed by atoms with Crippen molar-refractivity contribution in [3.8, 4) is 0 Å². The average molecular weight is 199 g/mol. The van der Waals surface area contributed by atoms with Gasteiger partial charge in [-0.25, -0.2) is 4.79 Å². The molecule has 2 aliphatic heterocycles. The molecule has 0 saturated carbocycles. The van der Waals surface area contributed by atoms with Crippen molar-refractivity contribution in [2.45, 2.75) is 31.8 Å². The van der Waals surface area contributed by atoms with Gasteiger partial charge in [0.25, 0.3) is 0 Å². The molecule has 80 valence electrons. The summed E-state index contributed by atoms with van der Waals surface area (Å²) in [6.07, 6.45) is 4.13. The molecule has 1 amide bonds. The Balaban J connectivity index is 1.75. The van der Waals surface area contributed by atoms with Crippen LogP contribution in [-0.2, 0) is 9.47 Å². The molecule has 0 aromatic heterocycles. The molecule has 2 fully saturated rings. The van der Waals surface area contributed by atoms with E-state index < -0.39 is 0 Å². The van der Waals surface area contributed by atoms with E-state index in [2.05, 4.69) is 0 Å². The summed E-state index contributed by atoms with van der Waals surface area (Å²) in [4.78, 5) is 13.4. The van der Waals surface area contributed by atoms with Gasteiger partial charge >= 0.3 is 6.09 Å². The summed E-state index contributed by atoms with van der Waals surface area (Å²) in [6, 6.07) is 0. The van der Waals surface area contributed by atoms with Crippen LogP contribution < -0.4 is 0 Å². The first-order valence-corrected chi connectivity index (χ1v) is 5.39. The van der Waals surface area contributed by atoms with Crippen LogP contribution in [0.1, 0.15) is 25.7 Å². The molecule has 0 radical (unpaired) electrons. The highest BCUT2D eigenvalue weighted by Crippen LogP contribution is 2.13. The Kier molecular flexibility index (Phi) is 3.24. The zero-order chi connectivity index (χ0) is 9.80. The number of piperidine rings is 1. The van der Waals surface area contributed by atoms with Crippen molar-refractivity contribution in [2.75, 3.05) is 26.3 Å². The zero-order valence-corrected chi connectivity index (χ0v) is 8.41. The third-order valence-corrected chi connectivity index (χ3v) is 2.77. The second kappa shape index (κ2) is 4.64. The molecule has 4 nitrogen and oxygen atoms in total. The maximum Gasteiger partial charge on any atom is 0.410 e. The van der Waals surface area contributed by atoms with Crippen LogP contribution in [0.3, 0.4) is 0 Å². The SMILES string of the molecule is O=C(O[C@@H]1CCOC1)N1CCCCC1. The first kappa shape index (κ1) is 9.77. The minimum absolute atomic E-state index is 0.00979. The summed E-state index contributed by atoms with van der Waals surface area (Å²) in [6.45, 7) is 3.00. The Bertz CT molecular complexity index is 196. The molecule has 2 saturated heterocycles. The van der Waals surface area contributed by atoms with Gasteiger partial charge in [0.15, 0.2) is 0 Å². The number of nitrogens with zero attached hydrogens (tertiary/aromatic N) is 1. The predicted octanol–water partition coefficient (Wildman–Crippen LogP) is 1.40. The van der Waals surface area contributed by atoms with E-state index in [-0.39, 0.29) is 12.2 Å². The third kappa shape index (κ3) is 2.38. The molecule has 2 aliphatic rings. The van der Waals surface area contributed by atoms with Gasteiger partial charge in [0, 0.05) is 19.5 Å². The fourth-order valence-corrected chi connectivity index (χ4v) is 1.90. The summed E-state index contributed by atoms with van der Waals surface area (Å²) in [5.41, 5.74) is 0. The lowest BCUT2D eigenvalue weighted by Gasteiger charge is -2.26. The number of ether oxygens (including phenoxy) is 2. The summed E-state index contributed by atoms with van der Waals surface area (Å²) in [5.74, 6) is 0. The van der Waals surface area contributed by atoms with Crippen LogP contribution >= 0.6 is 0 Å². The lowest BCUT2D eigenvalue weighted by Crippen LogP contribution is -2.38. The number of hydrogen-bond donors (Lipinski definition) is 0. The number of amides is 1. The van der Waals surface area contributed by atoms with E-state index in [1.165, 1.54) is 6.42 Å². The van der Waals surface area contributed by atoms with Gasteiger partial charge in [0.2, 0.25) is 0 Å². The summed E-state index contributed by atoms with van der Waals surface area (Å²) >= 11 is 0. The van der Waals surface area contributed by atoms with Gasteiger partial charge in [-0.3, -0.25) is 0 Å². The Hall–Kier alpha value is -0.770. The molecule has 0 aliphatic carbocycles. The van der Waals surface area contributed by atoms with Crippen molar-refractivity contribution in [3.63, 3.8) is 0 Å². The molecule has 2 heterocycles. The van der Waals surface area contributed by atoms with Crippen molar-refractivity contribution < 1.29 is 14.3 Å². The summed E-state index contributed by atoms with van der Waals surface area (Å²) in [5, 5.41) is 0. The Labute approximate surface area is 84.2 Å². The van der Waals surface area contributed by atoms with Crippen LogP contribution in [0.4, 0.5) is 4.79 Å². The normalized spacial score (nSPS) is 27.7. The molecular weight excluding hydrogens is 182 g/mol. The number of carbonyl (C=O) groups is 1. The van der Waals surface area contributed by atoms with E-state index in [1.54, 1.807) is 0 Å². The number of likely N-dealkylation sites (tertiary alicyclic amines) is 1. The van der Waals surface area contributed by atoms with Crippen LogP contribution in [0.5, 0.6) is 0 Å². The van der Waals surface area contributed by atoms with Gasteiger partial charge in [-0.05, 0) is 19.3 Å². The second-order valence-corrected chi connectivity index (χ2v) is 3.92. The van der Waals surface area contributed by atoms with Gasteiger partial charge in [0.1, 0.15) is 6.10 Å². The topological polar surface area (TPSA) is 38.8 Å². The molecule has 0 bridgehead atoms. The molecule has 1 atom stereocenters. The van der Waals surface area contributed by atoms with Crippen molar-refractivity contribution in [2.24, 2.45) is 0 Å². The van der Waals surface area contributed by atoms with Crippen LogP contribution in [0.2, 0.25) is 0 Å². The van der Waals surface area contributed by atoms with Gasteiger partial charge in [-0.1, -0.05) is 0 Å². The molecule has 2 rings (SSSR count). The van der Waals surface area contributed by atoms with Crippen molar-refractivity contribution in [3.05, 3.63) is 0 Å². The molecule has 14 heavy (non-hydrogen) atoms. The molecule has 0 aromatic rings. The fraction of sp³-hybridized carbons (Fsp3) is 0.900. The van der Waals surface area contributed by atoms with Crippen molar-refractivity contribution in [1.29, 1.82) is 0 Å². The van der Waals surface area contributed by atoms with Gasteiger partial charge in [0.05, 0.1) is 13.2 Å². The van der Waals surface area contributed by atoms with Crippen LogP contribution in [-0.4, -0.2) is 43.4 Å². The zero-order valence-electron chi connectivity index (χ0n) is 8.41. The molecule has 4 heteroatoms. The fourth-order valence-electron chi connectivity index (χ4n) is 1.90. The van der Waals surface area contributed by atoms with E-state index in [0.717, 1.165) is 39.0 Å². The molecule has 0 spiro atoms. The van der Waals surface area contributed by atoms with Gasteiger partial charge in [-0.2, -0.15) is 0 Å². The highest BCUT2D eigenvalue weighted by Gasteiger charge is 2.24. The minimum Gasteiger partial charge on any atom is -0.444 e. The molecular formula is C10H17NO3. The first-order valence-electron chi connectivity index (χ1n) is 5.39. The highest BCUT2D eigenvalue weighted by atomic mass is 16.6. The van der Waals surface area contributed by atoms with Gasteiger partial charge in [-0.15, -0.1) is 0 Å². The number of hydrogen-bond acceptors (Lipinski definition) is 3. The molecule has 0 aromatic carbocycles. The Morgan fingerprint density at radius 3 is 2.71 bits per heavy atom. The van der Waals surface area contributed by atoms with Crippen LogP contribution in [0.25, 0.3) is 0 Å². The number of rotatable bonds is 1. The quantitative estimate of drug-likeness (QED) is 0.640. The largest absolute Gasteiger partial charge is 0.444 e. The maximum absolute atomic E-state index is 11.6. The number of carbonyl (C=O) groups excluding carboxylic acids is 1. The smallest absolute Gasteiger partial charge is 0.410 e. The van der Waals surface area contributed by atoms with Crippen molar-refractivity contribution >= 4 is 6.09 Å². The lowest BCUT2D eigenvalue weighted by atomic mass is 10.1. The summed E-state index contributed by atoms with van der Waals surface area (Å²) in [7, 11) is 0. The van der Waals surface area contributed by atoms with E-state index >= 15 is 0 Å². The second-order valence-electron chi connectivity index (χ2n) is 3.92. The molecule has 0 N–H and O–H groups in total. The first-order chi connectivity index (χ1) is 6.86. The van der Waals surface area contributed by atoms with Crippen LogP contribution in [0, 0.1) is 0 Å². The molecule has 0 unspecified atom stereocenters. The minimum atomic E-state index is -0.153. The van der Waals surface area contributed by atoms with Gasteiger partial charge < -0.3 is 14.4 Å². The maximum atomic E-state index is 11.6.